The summed E-state index contributed by atoms with van der Waals surface area (Å²) in [6, 6.07) is 18.2. The van der Waals surface area contributed by atoms with Gasteiger partial charge in [0.2, 0.25) is 5.91 Å². The SMILES string of the molecule is CC(C)(C)OC(=O)N[C@H](Cc1ccccc1)C(=O)NCCCCNC(=O)OCc1ccccc1. The summed E-state index contributed by atoms with van der Waals surface area (Å²) >= 11 is 0. The van der Waals surface area contributed by atoms with Gasteiger partial charge in [0.25, 0.3) is 0 Å². The Hall–Kier alpha value is -3.55. The zero-order valence-electron chi connectivity index (χ0n) is 20.1. The summed E-state index contributed by atoms with van der Waals surface area (Å²) in [6.07, 6.45) is 0.568. The number of nitrogens with one attached hydrogen (secondary N) is 3. The van der Waals surface area contributed by atoms with Gasteiger partial charge in [-0.15, -0.1) is 0 Å². The van der Waals surface area contributed by atoms with Crippen molar-refractivity contribution in [2.24, 2.45) is 0 Å². The fourth-order valence-corrected chi connectivity index (χ4v) is 3.06. The third kappa shape index (κ3) is 11.4. The number of unbranched alkanes of at least 4 members (excludes halogenated alkanes) is 1. The molecule has 0 aromatic heterocycles. The molecule has 1 atom stereocenters. The van der Waals surface area contributed by atoms with E-state index in [1.807, 2.05) is 60.7 Å². The van der Waals surface area contributed by atoms with Crippen molar-refractivity contribution in [1.82, 2.24) is 16.0 Å². The first kappa shape index (κ1) is 26.7. The van der Waals surface area contributed by atoms with Crippen molar-refractivity contribution in [2.45, 2.75) is 58.3 Å². The van der Waals surface area contributed by atoms with E-state index in [-0.39, 0.29) is 12.5 Å². The van der Waals surface area contributed by atoms with E-state index in [4.69, 9.17) is 9.47 Å². The standard InChI is InChI=1S/C26H35N3O5/c1-26(2,3)34-25(32)29-22(18-20-12-6-4-7-13-20)23(30)27-16-10-11-17-28-24(31)33-19-21-14-8-5-9-15-21/h4-9,12-15,22H,10-11,16-19H2,1-3H3,(H,27,30)(H,28,31)(H,29,32)/t22-/m1/s1. The summed E-state index contributed by atoms with van der Waals surface area (Å²) in [7, 11) is 0. The van der Waals surface area contributed by atoms with Gasteiger partial charge >= 0.3 is 12.2 Å². The Morgan fingerprint density at radius 1 is 0.794 bits per heavy atom. The average molecular weight is 470 g/mol. The fraction of sp³-hybridized carbons (Fsp3) is 0.423. The van der Waals surface area contributed by atoms with E-state index in [1.54, 1.807) is 20.8 Å². The first-order valence-corrected chi connectivity index (χ1v) is 11.5. The highest BCUT2D eigenvalue weighted by molar-refractivity contribution is 5.86. The van der Waals surface area contributed by atoms with Crippen LogP contribution in [0.2, 0.25) is 0 Å². The third-order valence-corrected chi connectivity index (χ3v) is 4.67. The number of rotatable bonds is 11. The Morgan fingerprint density at radius 2 is 1.35 bits per heavy atom. The number of carbonyl (C=O) groups is 3. The van der Waals surface area contributed by atoms with Crippen molar-refractivity contribution in [2.75, 3.05) is 13.1 Å². The molecule has 8 heteroatoms. The van der Waals surface area contributed by atoms with Gasteiger partial charge in [-0.05, 0) is 44.7 Å². The number of benzene rings is 2. The summed E-state index contributed by atoms with van der Waals surface area (Å²) in [6.45, 7) is 6.38. The molecule has 0 saturated heterocycles. The second-order valence-corrected chi connectivity index (χ2v) is 8.88. The molecule has 0 aliphatic rings. The van der Waals surface area contributed by atoms with Crippen LogP contribution in [0.15, 0.2) is 60.7 Å². The van der Waals surface area contributed by atoms with Crippen LogP contribution in [0.4, 0.5) is 9.59 Å². The number of ether oxygens (including phenoxy) is 2. The molecule has 0 saturated carbocycles. The lowest BCUT2D eigenvalue weighted by atomic mass is 10.1. The molecule has 2 aromatic rings. The van der Waals surface area contributed by atoms with Crippen molar-refractivity contribution in [3.8, 4) is 0 Å². The van der Waals surface area contributed by atoms with Crippen molar-refractivity contribution in [1.29, 1.82) is 0 Å². The highest BCUT2D eigenvalue weighted by atomic mass is 16.6. The minimum absolute atomic E-state index is 0.218. The second-order valence-electron chi connectivity index (χ2n) is 8.88. The first-order chi connectivity index (χ1) is 16.2. The first-order valence-electron chi connectivity index (χ1n) is 11.5. The van der Waals surface area contributed by atoms with Gasteiger partial charge in [0, 0.05) is 19.5 Å². The molecule has 0 spiro atoms. The van der Waals surface area contributed by atoms with Crippen molar-refractivity contribution < 1.29 is 23.9 Å². The Bertz CT molecular complexity index is 898. The third-order valence-electron chi connectivity index (χ3n) is 4.67. The Labute approximate surface area is 201 Å². The van der Waals surface area contributed by atoms with Gasteiger partial charge in [0.05, 0.1) is 0 Å². The largest absolute Gasteiger partial charge is 0.445 e. The minimum Gasteiger partial charge on any atom is -0.445 e. The number of amides is 3. The van der Waals surface area contributed by atoms with Crippen LogP contribution in [-0.4, -0.2) is 42.8 Å². The van der Waals surface area contributed by atoms with E-state index < -0.39 is 23.8 Å². The zero-order chi connectivity index (χ0) is 24.8. The maximum absolute atomic E-state index is 12.7. The quantitative estimate of drug-likeness (QED) is 0.432. The highest BCUT2D eigenvalue weighted by Gasteiger charge is 2.24. The molecule has 2 aromatic carbocycles. The van der Waals surface area contributed by atoms with Crippen LogP contribution in [-0.2, 0) is 27.3 Å². The average Bonchev–Trinajstić information content (AvgIpc) is 2.79. The predicted octanol–water partition coefficient (Wildman–Crippen LogP) is 3.95. The Morgan fingerprint density at radius 3 is 1.94 bits per heavy atom. The smallest absolute Gasteiger partial charge is 0.408 e. The molecule has 34 heavy (non-hydrogen) atoms. The molecule has 3 amide bonds. The maximum atomic E-state index is 12.7. The molecule has 2 rings (SSSR count). The molecule has 8 nitrogen and oxygen atoms in total. The summed E-state index contributed by atoms with van der Waals surface area (Å²) in [5, 5.41) is 8.22. The molecular weight excluding hydrogens is 434 g/mol. The van der Waals surface area contributed by atoms with Gasteiger partial charge in [0.15, 0.2) is 0 Å². The van der Waals surface area contributed by atoms with Crippen LogP contribution in [0.25, 0.3) is 0 Å². The molecule has 0 fully saturated rings. The summed E-state index contributed by atoms with van der Waals surface area (Å²) < 4.78 is 10.5. The van der Waals surface area contributed by atoms with E-state index in [0.29, 0.717) is 32.4 Å². The van der Waals surface area contributed by atoms with Crippen LogP contribution >= 0.6 is 0 Å². The van der Waals surface area contributed by atoms with Crippen LogP contribution < -0.4 is 16.0 Å². The molecule has 0 radical (unpaired) electrons. The van der Waals surface area contributed by atoms with Crippen LogP contribution in [0.3, 0.4) is 0 Å². The van der Waals surface area contributed by atoms with Crippen molar-refractivity contribution >= 4 is 18.1 Å². The van der Waals surface area contributed by atoms with Gasteiger partial charge in [0.1, 0.15) is 18.2 Å². The second kappa shape index (κ2) is 13.9. The van der Waals surface area contributed by atoms with Gasteiger partial charge in [-0.3, -0.25) is 4.79 Å². The highest BCUT2D eigenvalue weighted by Crippen LogP contribution is 2.09. The lowest BCUT2D eigenvalue weighted by Crippen LogP contribution is -2.49. The molecular formula is C26H35N3O5. The van der Waals surface area contributed by atoms with Gasteiger partial charge < -0.3 is 25.4 Å². The van der Waals surface area contributed by atoms with E-state index in [9.17, 15) is 14.4 Å². The molecule has 0 aliphatic carbocycles. The van der Waals surface area contributed by atoms with Crippen LogP contribution in [0.5, 0.6) is 0 Å². The fourth-order valence-electron chi connectivity index (χ4n) is 3.06. The molecule has 3 N–H and O–H groups in total. The van der Waals surface area contributed by atoms with E-state index in [0.717, 1.165) is 11.1 Å². The van der Waals surface area contributed by atoms with Gasteiger partial charge in [-0.25, -0.2) is 9.59 Å². The predicted molar refractivity (Wildman–Crippen MR) is 130 cm³/mol. The Balaban J connectivity index is 1.70. The minimum atomic E-state index is -0.761. The van der Waals surface area contributed by atoms with E-state index in [1.165, 1.54) is 0 Å². The molecule has 184 valence electrons. The lowest BCUT2D eigenvalue weighted by molar-refractivity contribution is -0.123. The normalized spacial score (nSPS) is 11.7. The topological polar surface area (TPSA) is 106 Å². The molecule has 0 bridgehead atoms. The van der Waals surface area contributed by atoms with Gasteiger partial charge in [-0.2, -0.15) is 0 Å². The van der Waals surface area contributed by atoms with Crippen LogP contribution in [0, 0.1) is 0 Å². The summed E-state index contributed by atoms with van der Waals surface area (Å²) in [5.74, 6) is -0.287. The number of hydrogen-bond acceptors (Lipinski definition) is 5. The monoisotopic (exact) mass is 469 g/mol. The summed E-state index contributed by atoms with van der Waals surface area (Å²) in [5.41, 5.74) is 1.19. The number of carbonyl (C=O) groups excluding carboxylic acids is 3. The van der Waals surface area contributed by atoms with Crippen molar-refractivity contribution in [3.63, 3.8) is 0 Å². The Kier molecular flexibility index (Phi) is 10.9. The van der Waals surface area contributed by atoms with Crippen molar-refractivity contribution in [3.05, 3.63) is 71.8 Å². The zero-order valence-corrected chi connectivity index (χ0v) is 20.1. The maximum Gasteiger partial charge on any atom is 0.408 e. The number of hydrogen-bond donors (Lipinski definition) is 3. The molecule has 0 unspecified atom stereocenters. The van der Waals surface area contributed by atoms with Gasteiger partial charge in [-0.1, -0.05) is 60.7 Å². The van der Waals surface area contributed by atoms with Crippen LogP contribution in [0.1, 0.15) is 44.7 Å². The molecule has 0 aliphatic heterocycles. The number of alkyl carbamates (subject to hydrolysis) is 2. The summed E-state index contributed by atoms with van der Waals surface area (Å²) in [4.78, 5) is 36.7. The lowest BCUT2D eigenvalue weighted by Gasteiger charge is -2.23. The van der Waals surface area contributed by atoms with E-state index >= 15 is 0 Å². The van der Waals surface area contributed by atoms with E-state index in [2.05, 4.69) is 16.0 Å². The molecule has 0 heterocycles.